The molecule has 0 bridgehead atoms. The molecule has 5 rings (SSSR count). The highest BCUT2D eigenvalue weighted by Crippen LogP contribution is 2.44. The van der Waals surface area contributed by atoms with Gasteiger partial charge in [0.15, 0.2) is 5.92 Å². The van der Waals surface area contributed by atoms with E-state index in [0.717, 1.165) is 10.5 Å². The third-order valence-electron chi connectivity index (χ3n) is 5.84. The average Bonchev–Trinajstić information content (AvgIpc) is 3.31. The number of carbonyl (C=O) groups is 2. The Morgan fingerprint density at radius 2 is 1.89 bits per heavy atom. The van der Waals surface area contributed by atoms with E-state index >= 15 is 0 Å². The first kappa shape index (κ1) is 23.5. The second-order valence-electron chi connectivity index (χ2n) is 8.12. The Hall–Kier alpha value is -4.26. The highest BCUT2D eigenvalue weighted by atomic mass is 32.2. The zero-order valence-corrected chi connectivity index (χ0v) is 19.6. The van der Waals surface area contributed by atoms with Gasteiger partial charge in [-0.25, -0.2) is 9.07 Å². The Morgan fingerprint density at radius 1 is 1.14 bits per heavy atom. The molecule has 0 saturated heterocycles. The van der Waals surface area contributed by atoms with Crippen molar-refractivity contribution in [2.24, 2.45) is 5.92 Å². The lowest BCUT2D eigenvalue weighted by Gasteiger charge is -2.19. The number of Topliss-reactive ketones (excluding diaryl/α,β-unsaturated/α-hetero) is 1. The van der Waals surface area contributed by atoms with Gasteiger partial charge < -0.3 is 10.4 Å². The maximum absolute atomic E-state index is 13.5. The number of fused-ring (bicyclic) bond motifs is 3. The molecule has 36 heavy (non-hydrogen) atoms. The fourth-order valence-corrected chi connectivity index (χ4v) is 5.12. The number of nitrogens with zero attached hydrogens (tertiary/aromatic N) is 3. The van der Waals surface area contributed by atoms with Crippen LogP contribution in [-0.2, 0) is 17.2 Å². The number of para-hydroxylation sites is 1. The van der Waals surface area contributed by atoms with E-state index in [1.165, 1.54) is 36.0 Å². The number of amides is 1. The SMILES string of the molecule is N#CC(C(=O)Nc1ccc(F)cc1)C(=O)c1nn(-c2ccccc2)c2c1CSc1ccc(CO)cc1-2. The van der Waals surface area contributed by atoms with E-state index in [4.69, 9.17) is 0 Å². The highest BCUT2D eigenvalue weighted by Gasteiger charge is 2.35. The summed E-state index contributed by atoms with van der Waals surface area (Å²) in [6, 6.07) is 21.7. The highest BCUT2D eigenvalue weighted by molar-refractivity contribution is 7.98. The van der Waals surface area contributed by atoms with E-state index in [-0.39, 0.29) is 18.0 Å². The van der Waals surface area contributed by atoms with E-state index in [9.17, 15) is 24.3 Å². The van der Waals surface area contributed by atoms with E-state index in [0.29, 0.717) is 28.3 Å². The van der Waals surface area contributed by atoms with Crippen LogP contribution in [0.15, 0.2) is 77.7 Å². The Bertz CT molecular complexity index is 1510. The van der Waals surface area contributed by atoms with Crippen molar-refractivity contribution in [1.82, 2.24) is 9.78 Å². The van der Waals surface area contributed by atoms with Crippen LogP contribution in [0.3, 0.4) is 0 Å². The molecule has 1 atom stereocenters. The van der Waals surface area contributed by atoms with E-state index in [2.05, 4.69) is 10.4 Å². The quantitative estimate of drug-likeness (QED) is 0.294. The molecule has 1 aliphatic rings. The van der Waals surface area contributed by atoms with Gasteiger partial charge in [-0.05, 0) is 54.1 Å². The van der Waals surface area contributed by atoms with Gasteiger partial charge in [-0.15, -0.1) is 11.8 Å². The first-order valence-electron chi connectivity index (χ1n) is 11.0. The van der Waals surface area contributed by atoms with Crippen molar-refractivity contribution < 1.29 is 19.1 Å². The van der Waals surface area contributed by atoms with Gasteiger partial charge in [0, 0.05) is 27.5 Å². The summed E-state index contributed by atoms with van der Waals surface area (Å²) < 4.78 is 14.9. The van der Waals surface area contributed by atoms with Crippen LogP contribution in [0.5, 0.6) is 0 Å². The number of hydrogen-bond acceptors (Lipinski definition) is 6. The summed E-state index contributed by atoms with van der Waals surface area (Å²) in [7, 11) is 0. The summed E-state index contributed by atoms with van der Waals surface area (Å²) in [5.41, 5.74) is 3.85. The van der Waals surface area contributed by atoms with Crippen LogP contribution in [-0.4, -0.2) is 26.6 Å². The molecule has 0 fully saturated rings. The monoisotopic (exact) mass is 498 g/mol. The summed E-state index contributed by atoms with van der Waals surface area (Å²) in [6.45, 7) is -0.140. The molecule has 2 N–H and O–H groups in total. The topological polar surface area (TPSA) is 108 Å². The largest absolute Gasteiger partial charge is 0.392 e. The van der Waals surface area contributed by atoms with E-state index in [1.807, 2.05) is 48.5 Å². The van der Waals surface area contributed by atoms with Gasteiger partial charge in [-0.3, -0.25) is 9.59 Å². The van der Waals surface area contributed by atoms with E-state index in [1.54, 1.807) is 10.8 Å². The van der Waals surface area contributed by atoms with E-state index < -0.39 is 23.4 Å². The number of hydrogen-bond donors (Lipinski definition) is 2. The molecule has 1 aromatic heterocycles. The lowest BCUT2D eigenvalue weighted by Crippen LogP contribution is -2.29. The molecule has 0 aliphatic carbocycles. The van der Waals surface area contributed by atoms with Crippen LogP contribution in [0.1, 0.15) is 21.6 Å². The number of thioether (sulfide) groups is 1. The molecule has 3 aromatic carbocycles. The average molecular weight is 499 g/mol. The third kappa shape index (κ3) is 4.28. The molecule has 1 unspecified atom stereocenters. The number of rotatable bonds is 6. The van der Waals surface area contributed by atoms with Crippen molar-refractivity contribution in [2.45, 2.75) is 17.3 Å². The molecular formula is C27H19FN4O3S. The van der Waals surface area contributed by atoms with Crippen molar-refractivity contribution in [3.63, 3.8) is 0 Å². The maximum atomic E-state index is 13.5. The number of anilines is 1. The predicted molar refractivity (Wildman–Crippen MR) is 133 cm³/mol. The molecule has 2 heterocycles. The van der Waals surface area contributed by atoms with Crippen LogP contribution < -0.4 is 5.32 Å². The normalized spacial score (nSPS) is 12.7. The molecule has 9 heteroatoms. The number of benzene rings is 3. The fourth-order valence-electron chi connectivity index (χ4n) is 4.07. The number of aromatic nitrogens is 2. The number of halogens is 1. The van der Waals surface area contributed by atoms with Gasteiger partial charge in [0.05, 0.1) is 24.1 Å². The van der Waals surface area contributed by atoms with Gasteiger partial charge in [-0.2, -0.15) is 10.4 Å². The van der Waals surface area contributed by atoms with Crippen LogP contribution >= 0.6 is 11.8 Å². The maximum Gasteiger partial charge on any atom is 0.249 e. The zero-order chi connectivity index (χ0) is 25.2. The predicted octanol–water partition coefficient (Wildman–Crippen LogP) is 4.74. The van der Waals surface area contributed by atoms with Crippen LogP contribution in [0, 0.1) is 23.1 Å². The van der Waals surface area contributed by atoms with Crippen LogP contribution in [0.2, 0.25) is 0 Å². The summed E-state index contributed by atoms with van der Waals surface area (Å²) >= 11 is 1.52. The number of aliphatic hydroxyl groups excluding tert-OH is 1. The summed E-state index contributed by atoms with van der Waals surface area (Å²) in [5.74, 6) is -3.23. The molecule has 7 nitrogen and oxygen atoms in total. The van der Waals surface area contributed by atoms with Crippen molar-refractivity contribution in [3.05, 3.63) is 95.4 Å². The third-order valence-corrected chi connectivity index (χ3v) is 6.94. The van der Waals surface area contributed by atoms with Gasteiger partial charge >= 0.3 is 0 Å². The zero-order valence-electron chi connectivity index (χ0n) is 18.8. The molecule has 1 amide bonds. The number of carbonyl (C=O) groups excluding carboxylic acids is 2. The second-order valence-corrected chi connectivity index (χ2v) is 9.14. The van der Waals surface area contributed by atoms with Crippen LogP contribution in [0.25, 0.3) is 16.9 Å². The minimum absolute atomic E-state index is 0.0437. The molecule has 0 saturated carbocycles. The molecular weight excluding hydrogens is 479 g/mol. The number of aliphatic hydroxyl groups is 1. The Labute approximate surface area is 210 Å². The first-order valence-corrected chi connectivity index (χ1v) is 12.0. The van der Waals surface area contributed by atoms with Crippen molar-refractivity contribution in [2.75, 3.05) is 5.32 Å². The van der Waals surface area contributed by atoms with Crippen molar-refractivity contribution >= 4 is 29.1 Å². The van der Waals surface area contributed by atoms with Crippen molar-refractivity contribution in [1.29, 1.82) is 5.26 Å². The Morgan fingerprint density at radius 3 is 2.58 bits per heavy atom. The Kier molecular flexibility index (Phi) is 6.38. The lowest BCUT2D eigenvalue weighted by atomic mass is 9.96. The molecule has 0 spiro atoms. The smallest absolute Gasteiger partial charge is 0.249 e. The van der Waals surface area contributed by atoms with Gasteiger partial charge in [0.2, 0.25) is 11.7 Å². The molecule has 4 aromatic rings. The number of nitriles is 1. The first-order chi connectivity index (χ1) is 17.5. The molecule has 178 valence electrons. The number of ketones is 1. The summed E-state index contributed by atoms with van der Waals surface area (Å²) in [6.07, 6.45) is 0. The van der Waals surface area contributed by atoms with Gasteiger partial charge in [0.1, 0.15) is 11.5 Å². The summed E-state index contributed by atoms with van der Waals surface area (Å²) in [5, 5.41) is 26.5. The lowest BCUT2D eigenvalue weighted by molar-refractivity contribution is -0.117. The summed E-state index contributed by atoms with van der Waals surface area (Å²) in [4.78, 5) is 27.4. The van der Waals surface area contributed by atoms with Gasteiger partial charge in [0.25, 0.3) is 0 Å². The fraction of sp³-hybridized carbons (Fsp3) is 0.111. The minimum Gasteiger partial charge on any atom is -0.392 e. The second kappa shape index (κ2) is 9.77. The number of nitrogens with one attached hydrogen (secondary N) is 1. The molecule has 0 radical (unpaired) electrons. The molecule has 1 aliphatic heterocycles. The van der Waals surface area contributed by atoms with Crippen molar-refractivity contribution in [3.8, 4) is 23.0 Å². The Balaban J connectivity index is 1.59. The standard InChI is InChI=1S/C27H19FN4O3S/c28-17-7-9-18(10-8-17)30-27(35)21(13-29)26(34)24-22-15-36-23-11-6-16(14-33)12-20(23)25(22)32(31-24)19-4-2-1-3-5-19/h1-12,21,33H,14-15H2,(H,30,35). The van der Waals surface area contributed by atoms with Gasteiger partial charge in [-0.1, -0.05) is 24.3 Å². The van der Waals surface area contributed by atoms with Crippen LogP contribution in [0.4, 0.5) is 10.1 Å². The minimum atomic E-state index is -1.64.